The van der Waals surface area contributed by atoms with E-state index in [1.54, 1.807) is 4.68 Å². The van der Waals surface area contributed by atoms with E-state index in [2.05, 4.69) is 41.5 Å². The van der Waals surface area contributed by atoms with Gasteiger partial charge in [-0.25, -0.2) is 4.68 Å². The molecule has 0 aliphatic carbocycles. The average Bonchev–Trinajstić information content (AvgIpc) is 2.78. The van der Waals surface area contributed by atoms with Crippen molar-refractivity contribution in [3.05, 3.63) is 47.3 Å². The highest BCUT2D eigenvalue weighted by molar-refractivity contribution is 6.16. The molecule has 16 heavy (non-hydrogen) atoms. The molecule has 2 rings (SSSR count). The summed E-state index contributed by atoms with van der Waals surface area (Å²) < 4.78 is 1.80. The van der Waals surface area contributed by atoms with Gasteiger partial charge < -0.3 is 0 Å². The summed E-state index contributed by atoms with van der Waals surface area (Å²) >= 11 is 5.67. The van der Waals surface area contributed by atoms with Gasteiger partial charge in [0.05, 0.1) is 24.3 Å². The van der Waals surface area contributed by atoms with Crippen LogP contribution in [0, 0.1) is 0 Å². The zero-order chi connectivity index (χ0) is 11.4. The molecule has 1 aromatic heterocycles. The Hall–Kier alpha value is -1.35. The minimum Gasteiger partial charge on any atom is -0.248 e. The number of benzene rings is 1. The Morgan fingerprint density at radius 2 is 1.88 bits per heavy atom. The summed E-state index contributed by atoms with van der Waals surface area (Å²) in [5, 5.41) is 7.95. The second-order valence-electron chi connectivity index (χ2n) is 3.71. The molecule has 0 aliphatic heterocycles. The predicted octanol–water partition coefficient (Wildman–Crippen LogP) is 2.63. The van der Waals surface area contributed by atoms with Gasteiger partial charge in [-0.15, -0.1) is 16.7 Å². The van der Waals surface area contributed by atoms with E-state index in [0.717, 1.165) is 18.7 Å². The van der Waals surface area contributed by atoms with Crippen LogP contribution >= 0.6 is 11.6 Å². The van der Waals surface area contributed by atoms with Gasteiger partial charge in [0, 0.05) is 0 Å². The Bertz CT molecular complexity index is 448. The monoisotopic (exact) mass is 235 g/mol. The molecule has 84 valence electrons. The third-order valence-electron chi connectivity index (χ3n) is 2.50. The van der Waals surface area contributed by atoms with Crippen molar-refractivity contribution in [2.24, 2.45) is 0 Å². The van der Waals surface area contributed by atoms with Crippen molar-refractivity contribution in [3.63, 3.8) is 0 Å². The second-order valence-corrected chi connectivity index (χ2v) is 3.98. The van der Waals surface area contributed by atoms with Crippen LogP contribution in [-0.4, -0.2) is 15.0 Å². The molecule has 0 amide bonds. The van der Waals surface area contributed by atoms with Gasteiger partial charge in [-0.2, -0.15) is 0 Å². The van der Waals surface area contributed by atoms with Gasteiger partial charge >= 0.3 is 0 Å². The Morgan fingerprint density at radius 3 is 2.44 bits per heavy atom. The van der Waals surface area contributed by atoms with E-state index in [9.17, 15) is 0 Å². The lowest BCUT2D eigenvalue weighted by Gasteiger charge is -2.02. The van der Waals surface area contributed by atoms with Crippen LogP contribution in [0.1, 0.15) is 23.7 Å². The Labute approximate surface area is 100 Å². The lowest BCUT2D eigenvalue weighted by molar-refractivity contribution is 0.649. The lowest BCUT2D eigenvalue weighted by Crippen LogP contribution is -2.00. The van der Waals surface area contributed by atoms with E-state index in [1.807, 2.05) is 6.20 Å². The predicted molar refractivity (Wildman–Crippen MR) is 64.5 cm³/mol. The first-order chi connectivity index (χ1) is 7.81. The fraction of sp³-hybridized carbons (Fsp3) is 0.333. The molecule has 0 saturated heterocycles. The van der Waals surface area contributed by atoms with E-state index in [0.29, 0.717) is 5.88 Å². The fourth-order valence-corrected chi connectivity index (χ4v) is 1.67. The average molecular weight is 236 g/mol. The summed E-state index contributed by atoms with van der Waals surface area (Å²) in [6.07, 6.45) is 2.95. The number of nitrogens with zero attached hydrogens (tertiary/aromatic N) is 3. The third-order valence-corrected chi connectivity index (χ3v) is 2.77. The van der Waals surface area contributed by atoms with Crippen LogP contribution in [0.15, 0.2) is 30.5 Å². The maximum atomic E-state index is 5.67. The zero-order valence-electron chi connectivity index (χ0n) is 9.23. The maximum absolute atomic E-state index is 5.67. The summed E-state index contributed by atoms with van der Waals surface area (Å²) in [4.78, 5) is 0. The molecule has 0 aliphatic rings. The van der Waals surface area contributed by atoms with Crippen LogP contribution in [0.25, 0.3) is 0 Å². The number of hydrogen-bond acceptors (Lipinski definition) is 2. The zero-order valence-corrected chi connectivity index (χ0v) is 9.98. The molecule has 0 bridgehead atoms. The first-order valence-electron chi connectivity index (χ1n) is 5.34. The molecule has 1 heterocycles. The van der Waals surface area contributed by atoms with Crippen molar-refractivity contribution >= 4 is 11.6 Å². The van der Waals surface area contributed by atoms with E-state index < -0.39 is 0 Å². The van der Waals surface area contributed by atoms with Gasteiger partial charge in [-0.05, 0) is 17.5 Å². The molecule has 1 aromatic carbocycles. The summed E-state index contributed by atoms with van der Waals surface area (Å²) in [5.41, 5.74) is 3.39. The fourth-order valence-electron chi connectivity index (χ4n) is 1.54. The molecule has 0 saturated carbocycles. The highest BCUT2D eigenvalue weighted by Crippen LogP contribution is 2.07. The third kappa shape index (κ3) is 2.61. The van der Waals surface area contributed by atoms with Gasteiger partial charge in [-0.1, -0.05) is 36.4 Å². The molecule has 0 radical (unpaired) electrons. The highest BCUT2D eigenvalue weighted by atomic mass is 35.5. The second kappa shape index (κ2) is 5.12. The van der Waals surface area contributed by atoms with Crippen LogP contribution in [0.3, 0.4) is 0 Å². The molecule has 0 unspecified atom stereocenters. The van der Waals surface area contributed by atoms with Gasteiger partial charge in [0.15, 0.2) is 0 Å². The Balaban J connectivity index is 2.08. The van der Waals surface area contributed by atoms with Crippen molar-refractivity contribution in [2.75, 3.05) is 0 Å². The van der Waals surface area contributed by atoms with E-state index in [4.69, 9.17) is 11.6 Å². The molecule has 0 atom stereocenters. The molecule has 0 fully saturated rings. The quantitative estimate of drug-likeness (QED) is 0.763. The number of aryl methyl sites for hydroxylation is 1. The molecule has 2 aromatic rings. The largest absolute Gasteiger partial charge is 0.248 e. The SMILES string of the molecule is CCc1ccc(Cn2cc(CCl)nn2)cc1. The summed E-state index contributed by atoms with van der Waals surface area (Å²) in [6, 6.07) is 8.55. The molecule has 3 nitrogen and oxygen atoms in total. The molecule has 0 N–H and O–H groups in total. The Morgan fingerprint density at radius 1 is 1.19 bits per heavy atom. The normalized spacial score (nSPS) is 10.6. The van der Waals surface area contributed by atoms with Gasteiger partial charge in [-0.3, -0.25) is 0 Å². The van der Waals surface area contributed by atoms with Crippen LogP contribution in [-0.2, 0) is 18.8 Å². The minimum atomic E-state index is 0.411. The summed E-state index contributed by atoms with van der Waals surface area (Å²) in [6.45, 7) is 2.90. The van der Waals surface area contributed by atoms with Gasteiger partial charge in [0.2, 0.25) is 0 Å². The van der Waals surface area contributed by atoms with Gasteiger partial charge in [0.25, 0.3) is 0 Å². The number of halogens is 1. The van der Waals surface area contributed by atoms with E-state index in [1.165, 1.54) is 11.1 Å². The maximum Gasteiger partial charge on any atom is 0.0974 e. The molecular weight excluding hydrogens is 222 g/mol. The topological polar surface area (TPSA) is 30.7 Å². The standard InChI is InChI=1S/C12H14ClN3/c1-2-10-3-5-11(6-4-10)8-16-9-12(7-13)14-15-16/h3-6,9H,2,7-8H2,1H3. The number of hydrogen-bond donors (Lipinski definition) is 0. The van der Waals surface area contributed by atoms with E-state index >= 15 is 0 Å². The first-order valence-corrected chi connectivity index (χ1v) is 5.88. The van der Waals surface area contributed by atoms with Crippen LogP contribution in [0.2, 0.25) is 0 Å². The van der Waals surface area contributed by atoms with Crippen molar-refractivity contribution in [3.8, 4) is 0 Å². The molecule has 4 heteroatoms. The van der Waals surface area contributed by atoms with Crippen LogP contribution < -0.4 is 0 Å². The van der Waals surface area contributed by atoms with Crippen LogP contribution in [0.4, 0.5) is 0 Å². The van der Waals surface area contributed by atoms with Crippen molar-refractivity contribution < 1.29 is 0 Å². The number of aromatic nitrogens is 3. The number of rotatable bonds is 4. The van der Waals surface area contributed by atoms with Gasteiger partial charge in [0.1, 0.15) is 0 Å². The van der Waals surface area contributed by atoms with Crippen molar-refractivity contribution in [2.45, 2.75) is 25.8 Å². The summed E-state index contributed by atoms with van der Waals surface area (Å²) in [5.74, 6) is 0.411. The Kier molecular flexibility index (Phi) is 3.57. The van der Waals surface area contributed by atoms with E-state index in [-0.39, 0.29) is 0 Å². The smallest absolute Gasteiger partial charge is 0.0974 e. The molecular formula is C12H14ClN3. The van der Waals surface area contributed by atoms with Crippen molar-refractivity contribution in [1.82, 2.24) is 15.0 Å². The van der Waals surface area contributed by atoms with Crippen molar-refractivity contribution in [1.29, 1.82) is 0 Å². The summed E-state index contributed by atoms with van der Waals surface area (Å²) in [7, 11) is 0. The highest BCUT2D eigenvalue weighted by Gasteiger charge is 2.00. The number of alkyl halides is 1. The molecule has 0 spiro atoms. The first kappa shape index (κ1) is 11.1. The lowest BCUT2D eigenvalue weighted by atomic mass is 10.1. The van der Waals surface area contributed by atoms with Crippen LogP contribution in [0.5, 0.6) is 0 Å². The minimum absolute atomic E-state index is 0.411.